The first-order valence-corrected chi connectivity index (χ1v) is 13.2. The number of aliphatic imine (C=N–C) groups is 1. The van der Waals surface area contributed by atoms with Crippen LogP contribution in [0.25, 0.3) is 0 Å². The first kappa shape index (κ1) is 28.6. The van der Waals surface area contributed by atoms with Crippen molar-refractivity contribution < 1.29 is 28.7 Å². The number of amidine groups is 1. The summed E-state index contributed by atoms with van der Waals surface area (Å²) >= 11 is 0. The third-order valence-electron chi connectivity index (χ3n) is 7.05. The number of carbonyl (C=O) groups is 4. The Balaban J connectivity index is 1.35. The molecule has 3 atom stereocenters. The number of rotatable bonds is 12. The van der Waals surface area contributed by atoms with Crippen LogP contribution in [0.5, 0.6) is 0 Å². The van der Waals surface area contributed by atoms with E-state index in [1.165, 1.54) is 7.11 Å². The highest BCUT2D eigenvalue weighted by Crippen LogP contribution is 2.35. The van der Waals surface area contributed by atoms with Crippen molar-refractivity contribution in [3.05, 3.63) is 59.7 Å². The van der Waals surface area contributed by atoms with E-state index >= 15 is 0 Å². The minimum atomic E-state index is -1.06. The molecule has 4 rings (SSSR count). The minimum Gasteiger partial charge on any atom is -0.464 e. The zero-order chi connectivity index (χ0) is 28.8. The lowest BCUT2D eigenvalue weighted by atomic mass is 9.97. The molecule has 0 spiro atoms. The molecule has 11 heteroatoms. The van der Waals surface area contributed by atoms with Gasteiger partial charge in [0.2, 0.25) is 5.91 Å². The molecule has 2 heterocycles. The van der Waals surface area contributed by atoms with E-state index in [-0.39, 0.29) is 49.1 Å². The topological polar surface area (TPSA) is 164 Å². The second kappa shape index (κ2) is 12.6. The summed E-state index contributed by atoms with van der Waals surface area (Å²) in [5.41, 5.74) is 8.24. The van der Waals surface area contributed by atoms with Crippen molar-refractivity contribution in [3.63, 3.8) is 0 Å². The Kier molecular flexibility index (Phi) is 9.05. The van der Waals surface area contributed by atoms with Crippen LogP contribution < -0.4 is 16.0 Å². The van der Waals surface area contributed by atoms with Crippen molar-refractivity contribution in [1.82, 2.24) is 5.32 Å². The molecule has 210 valence electrons. The smallest absolute Gasteiger partial charge is 0.328 e. The second-order valence-electron chi connectivity index (χ2n) is 9.67. The molecule has 2 aliphatic heterocycles. The number of esters is 1. The first-order chi connectivity index (χ1) is 19.2. The summed E-state index contributed by atoms with van der Waals surface area (Å²) in [5, 5.41) is 10.2. The summed E-state index contributed by atoms with van der Waals surface area (Å²) in [5.74, 6) is -2.08. The monoisotopic (exact) mass is 547 g/mol. The van der Waals surface area contributed by atoms with Gasteiger partial charge < -0.3 is 25.4 Å². The number of nitrogens with zero attached hydrogens (tertiary/aromatic N) is 2. The third kappa shape index (κ3) is 6.26. The van der Waals surface area contributed by atoms with Gasteiger partial charge in [-0.25, -0.2) is 9.79 Å². The van der Waals surface area contributed by atoms with Crippen LogP contribution in [0.15, 0.2) is 53.5 Å². The third-order valence-corrected chi connectivity index (χ3v) is 7.05. The molecule has 2 aromatic carbocycles. The van der Waals surface area contributed by atoms with Gasteiger partial charge in [-0.05, 0) is 50.1 Å². The van der Waals surface area contributed by atoms with E-state index in [0.717, 1.165) is 5.56 Å². The first-order valence-electron chi connectivity index (χ1n) is 13.2. The molecule has 0 aliphatic carbocycles. The molecule has 1 saturated heterocycles. The lowest BCUT2D eigenvalue weighted by molar-refractivity contribution is -0.147. The maximum absolute atomic E-state index is 13.1. The van der Waals surface area contributed by atoms with E-state index < -0.39 is 29.9 Å². The number of amides is 2. The van der Waals surface area contributed by atoms with Crippen LogP contribution in [0.3, 0.4) is 0 Å². The number of carbonyl (C=O) groups excluding carboxylic acids is 4. The Morgan fingerprint density at radius 3 is 2.58 bits per heavy atom. The van der Waals surface area contributed by atoms with E-state index in [2.05, 4.69) is 10.3 Å². The van der Waals surface area contributed by atoms with E-state index in [4.69, 9.17) is 20.6 Å². The second-order valence-corrected chi connectivity index (χ2v) is 9.67. The summed E-state index contributed by atoms with van der Waals surface area (Å²) in [6, 6.07) is 13.0. The zero-order valence-corrected chi connectivity index (χ0v) is 22.5. The molecule has 2 unspecified atom stereocenters. The molecule has 1 fully saturated rings. The molecule has 40 heavy (non-hydrogen) atoms. The van der Waals surface area contributed by atoms with Crippen LogP contribution in [-0.4, -0.2) is 61.4 Å². The van der Waals surface area contributed by atoms with Crippen molar-refractivity contribution in [2.24, 2.45) is 16.6 Å². The summed E-state index contributed by atoms with van der Waals surface area (Å²) in [6.07, 6.45) is -0.0936. The molecule has 2 aromatic rings. The van der Waals surface area contributed by atoms with E-state index in [1.807, 2.05) is 12.1 Å². The average molecular weight is 548 g/mol. The van der Waals surface area contributed by atoms with Gasteiger partial charge in [0.15, 0.2) is 0 Å². The Morgan fingerprint density at radius 2 is 1.90 bits per heavy atom. The minimum absolute atomic E-state index is 0.0126. The number of anilines is 1. The molecule has 4 N–H and O–H groups in total. The largest absolute Gasteiger partial charge is 0.464 e. The molecule has 2 amide bonds. The highest BCUT2D eigenvalue weighted by Gasteiger charge is 2.36. The number of ether oxygens (including phenoxy) is 2. The lowest BCUT2D eigenvalue weighted by Crippen LogP contribution is -2.46. The number of ketones is 1. The molecule has 0 bridgehead atoms. The number of nitrogens with one attached hydrogen (secondary N) is 2. The predicted molar refractivity (Wildman–Crippen MR) is 149 cm³/mol. The number of nitrogen functional groups attached to an aromatic ring is 1. The summed E-state index contributed by atoms with van der Waals surface area (Å²) < 4.78 is 10.6. The Bertz CT molecular complexity index is 1340. The van der Waals surface area contributed by atoms with Gasteiger partial charge in [-0.15, -0.1) is 0 Å². The standard InChI is InChI=1S/C29H33N5O6/c1-3-40-29(38)23(33-27(36)24-25(39-2)21-6-4-5-7-22(21)32-24)13-12-20(35)16-18-14-15-34(28(18)37)19-10-8-17(9-11-19)26(30)31/h4-11,18,23,25H,3,12-16H2,1-2H3,(H3,30,31)(H,33,36)/t18?,23-,25?/m0/s1. The maximum atomic E-state index is 13.1. The molecule has 2 aliphatic rings. The van der Waals surface area contributed by atoms with Crippen LogP contribution in [0, 0.1) is 11.3 Å². The van der Waals surface area contributed by atoms with E-state index in [1.54, 1.807) is 48.2 Å². The molecule has 0 radical (unpaired) electrons. The number of para-hydroxylation sites is 1. The summed E-state index contributed by atoms with van der Waals surface area (Å²) in [6.45, 7) is 2.25. The fraction of sp³-hybridized carbons (Fsp3) is 0.379. The average Bonchev–Trinajstić information content (AvgIpc) is 3.51. The van der Waals surface area contributed by atoms with Gasteiger partial charge in [0, 0.05) is 49.2 Å². The fourth-order valence-corrected chi connectivity index (χ4v) is 4.97. The Morgan fingerprint density at radius 1 is 1.18 bits per heavy atom. The number of nitrogens with two attached hydrogens (primary N) is 1. The predicted octanol–water partition coefficient (Wildman–Crippen LogP) is 2.58. The normalized spacial score (nSPS) is 18.6. The van der Waals surface area contributed by atoms with Gasteiger partial charge >= 0.3 is 5.97 Å². The lowest BCUT2D eigenvalue weighted by Gasteiger charge is -2.19. The van der Waals surface area contributed by atoms with E-state index in [9.17, 15) is 19.2 Å². The fourth-order valence-electron chi connectivity index (χ4n) is 4.97. The van der Waals surface area contributed by atoms with Gasteiger partial charge in [0.1, 0.15) is 29.5 Å². The van der Waals surface area contributed by atoms with Crippen LogP contribution in [0.2, 0.25) is 0 Å². The zero-order valence-electron chi connectivity index (χ0n) is 22.5. The Hall–Kier alpha value is -4.38. The summed E-state index contributed by atoms with van der Waals surface area (Å²) in [7, 11) is 1.48. The van der Waals surface area contributed by atoms with Crippen molar-refractivity contribution in [2.45, 2.75) is 44.8 Å². The number of hydrogen-bond acceptors (Lipinski definition) is 8. The van der Waals surface area contributed by atoms with Crippen molar-refractivity contribution in [2.75, 3.05) is 25.2 Å². The number of fused-ring (bicyclic) bond motifs is 1. The van der Waals surface area contributed by atoms with Crippen molar-refractivity contribution in [1.29, 1.82) is 5.41 Å². The number of benzene rings is 2. The highest BCUT2D eigenvalue weighted by molar-refractivity contribution is 6.42. The Labute approximate surface area is 232 Å². The summed E-state index contributed by atoms with van der Waals surface area (Å²) in [4.78, 5) is 57.6. The molecule has 0 aromatic heterocycles. The van der Waals surface area contributed by atoms with Gasteiger partial charge in [-0.1, -0.05) is 18.2 Å². The molecular weight excluding hydrogens is 514 g/mol. The van der Waals surface area contributed by atoms with Gasteiger partial charge in [-0.2, -0.15) is 0 Å². The van der Waals surface area contributed by atoms with Crippen LogP contribution in [-0.2, 0) is 28.7 Å². The molecule has 0 saturated carbocycles. The quantitative estimate of drug-likeness (QED) is 0.209. The van der Waals surface area contributed by atoms with E-state index in [0.29, 0.717) is 29.9 Å². The molecular formula is C29H33N5O6. The number of Topliss-reactive ketones (excluding diaryl/α,β-unsaturated/α-hetero) is 1. The molecule has 11 nitrogen and oxygen atoms in total. The van der Waals surface area contributed by atoms with Gasteiger partial charge in [0.25, 0.3) is 5.91 Å². The van der Waals surface area contributed by atoms with Crippen LogP contribution in [0.1, 0.15) is 49.8 Å². The van der Waals surface area contributed by atoms with Gasteiger partial charge in [-0.3, -0.25) is 19.8 Å². The highest BCUT2D eigenvalue weighted by atomic mass is 16.5. The van der Waals surface area contributed by atoms with Crippen LogP contribution in [0.4, 0.5) is 11.4 Å². The number of hydrogen-bond donors (Lipinski definition) is 3. The number of methoxy groups -OCH3 is 1. The van der Waals surface area contributed by atoms with Crippen molar-refractivity contribution in [3.8, 4) is 0 Å². The van der Waals surface area contributed by atoms with Crippen LogP contribution >= 0.6 is 0 Å². The SMILES string of the molecule is CCOC(=O)[C@H](CCC(=O)CC1CCN(c2ccc(C(=N)N)cc2)C1=O)NC(=O)C1=Nc2ccccc2C1OC. The maximum Gasteiger partial charge on any atom is 0.328 e. The van der Waals surface area contributed by atoms with Gasteiger partial charge in [0.05, 0.1) is 12.3 Å². The van der Waals surface area contributed by atoms with Crippen molar-refractivity contribution >= 4 is 46.5 Å².